The van der Waals surface area contributed by atoms with Crippen molar-refractivity contribution >= 4 is 56.4 Å². The predicted molar refractivity (Wildman–Crippen MR) is 301 cm³/mol. The largest absolute Gasteiger partial charge is 0.444 e. The third-order valence-corrected chi connectivity index (χ3v) is 18.9. The molecule has 1 aliphatic heterocycles. The Morgan fingerprint density at radius 3 is 2.33 bits per heavy atom. The number of halogens is 4. The monoisotopic (exact) mass is 1130 g/mol. The van der Waals surface area contributed by atoms with E-state index in [4.69, 9.17) is 27.6 Å². The van der Waals surface area contributed by atoms with Gasteiger partial charge in [0, 0.05) is 65.2 Å². The average Bonchev–Trinajstić information content (AvgIpc) is 4.00. The van der Waals surface area contributed by atoms with Gasteiger partial charge < -0.3 is 24.9 Å². The number of unbranched alkanes of at least 4 members (excludes halogenated alkanes) is 2. The van der Waals surface area contributed by atoms with Crippen LogP contribution in [0.15, 0.2) is 83.7 Å². The molecule has 1 saturated heterocycles. The number of benzene rings is 2. The Balaban J connectivity index is 0.806. The molecule has 8 rings (SSSR count). The number of rotatable bonds is 25. The molecule has 422 valence electrons. The molecule has 78 heavy (non-hydrogen) atoms. The highest BCUT2D eigenvalue weighted by Gasteiger charge is 2.53. The third-order valence-electron chi connectivity index (χ3n) is 16.2. The Kier molecular flexibility index (Phi) is 19.6. The number of pyridine rings is 1. The molecule has 19 heteroatoms. The van der Waals surface area contributed by atoms with Crippen molar-refractivity contribution in [3.05, 3.63) is 118 Å². The van der Waals surface area contributed by atoms with Crippen LogP contribution in [-0.2, 0) is 25.8 Å². The zero-order valence-corrected chi connectivity index (χ0v) is 48.1. The Morgan fingerprint density at radius 1 is 0.923 bits per heavy atom. The number of sulfone groups is 1. The van der Waals surface area contributed by atoms with Gasteiger partial charge in [0.15, 0.2) is 21.2 Å². The highest BCUT2D eigenvalue weighted by Crippen LogP contribution is 2.53. The number of hydrogen-bond acceptors (Lipinski definition) is 10. The van der Waals surface area contributed by atoms with Crippen molar-refractivity contribution in [2.24, 2.45) is 23.2 Å². The molecule has 2 saturated carbocycles. The number of nitrogens with one attached hydrogen (secondary N) is 2. The van der Waals surface area contributed by atoms with Crippen LogP contribution >= 0.6 is 23.2 Å². The van der Waals surface area contributed by atoms with E-state index in [0.717, 1.165) is 93.6 Å². The Labute approximate surface area is 468 Å². The number of likely N-dealkylation sites (tertiary alicyclic amines) is 1. The predicted octanol–water partition coefficient (Wildman–Crippen LogP) is 12.7. The first-order valence-electron chi connectivity index (χ1n) is 27.8. The van der Waals surface area contributed by atoms with E-state index in [0.29, 0.717) is 34.5 Å². The fourth-order valence-electron chi connectivity index (χ4n) is 11.4. The number of piperidine rings is 1. The van der Waals surface area contributed by atoms with Crippen LogP contribution in [0.3, 0.4) is 0 Å². The van der Waals surface area contributed by atoms with Gasteiger partial charge in [0.25, 0.3) is 12.3 Å². The summed E-state index contributed by atoms with van der Waals surface area (Å²) in [6.45, 7) is 11.2. The van der Waals surface area contributed by atoms with Crippen LogP contribution in [0.2, 0.25) is 10.0 Å². The molecule has 0 spiro atoms. The van der Waals surface area contributed by atoms with E-state index in [1.807, 2.05) is 57.2 Å². The van der Waals surface area contributed by atoms with Gasteiger partial charge in [0.05, 0.1) is 34.2 Å². The van der Waals surface area contributed by atoms with E-state index in [-0.39, 0.29) is 59.1 Å². The first kappa shape index (κ1) is 58.9. The molecule has 3 amide bonds. The van der Waals surface area contributed by atoms with Crippen molar-refractivity contribution in [2.75, 3.05) is 37.8 Å². The average molecular weight is 1130 g/mol. The number of oxazole rings is 1. The maximum atomic E-state index is 15.2. The zero-order chi connectivity index (χ0) is 55.9. The number of carbonyl (C=O) groups excluding carboxylic acids is 3. The van der Waals surface area contributed by atoms with Crippen molar-refractivity contribution in [3.63, 3.8) is 0 Å². The van der Waals surface area contributed by atoms with Crippen molar-refractivity contribution in [1.29, 1.82) is 0 Å². The molecular formula is C59H76Cl2F2N8O6S. The number of aryl methyl sites for hydroxylation is 1. The lowest BCUT2D eigenvalue weighted by Gasteiger charge is -2.53. The fourth-order valence-corrected chi connectivity index (χ4v) is 13.2. The van der Waals surface area contributed by atoms with E-state index >= 15 is 4.79 Å². The van der Waals surface area contributed by atoms with Gasteiger partial charge in [0.2, 0.25) is 17.7 Å². The second-order valence-electron chi connectivity index (χ2n) is 23.1. The van der Waals surface area contributed by atoms with Gasteiger partial charge in [-0.25, -0.2) is 22.2 Å². The van der Waals surface area contributed by atoms with Gasteiger partial charge in [-0.1, -0.05) is 87.5 Å². The Morgan fingerprint density at radius 2 is 1.65 bits per heavy atom. The molecular weight excluding hydrogens is 1060 g/mol. The first-order valence-corrected chi connectivity index (χ1v) is 30.2. The minimum atomic E-state index is -3.60. The van der Waals surface area contributed by atoms with Gasteiger partial charge in [-0.05, 0) is 151 Å². The van der Waals surface area contributed by atoms with Gasteiger partial charge in [0.1, 0.15) is 6.26 Å². The second kappa shape index (κ2) is 25.9. The number of anilines is 1. The minimum absolute atomic E-state index is 0.0252. The number of carbonyl (C=O) groups is 3. The molecule has 2 N–H and O–H groups in total. The van der Waals surface area contributed by atoms with Crippen molar-refractivity contribution < 1.29 is 36.0 Å². The maximum absolute atomic E-state index is 15.2. The number of hydrogen-bond donors (Lipinski definition) is 2. The molecule has 4 atom stereocenters. The molecule has 0 unspecified atom stereocenters. The summed E-state index contributed by atoms with van der Waals surface area (Å²) in [5.74, 6) is -0.462. The van der Waals surface area contributed by atoms with E-state index in [9.17, 15) is 26.8 Å². The number of amides is 3. The Bertz CT molecular complexity index is 2960. The van der Waals surface area contributed by atoms with E-state index in [1.165, 1.54) is 25.3 Å². The van der Waals surface area contributed by atoms with Gasteiger partial charge in [-0.2, -0.15) is 5.10 Å². The van der Waals surface area contributed by atoms with E-state index < -0.39 is 50.6 Å². The summed E-state index contributed by atoms with van der Waals surface area (Å²) in [6.07, 6.45) is 12.2. The molecule has 2 aliphatic carbocycles. The summed E-state index contributed by atoms with van der Waals surface area (Å²) in [5, 5.41) is 10.4. The van der Waals surface area contributed by atoms with Crippen LogP contribution in [0, 0.1) is 23.2 Å². The molecule has 3 aromatic heterocycles. The molecule has 0 bridgehead atoms. The van der Waals surface area contributed by atoms with Crippen molar-refractivity contribution in [2.45, 2.75) is 154 Å². The summed E-state index contributed by atoms with van der Waals surface area (Å²) in [6, 6.07) is 17.3. The normalized spacial score (nSPS) is 21.5. The summed E-state index contributed by atoms with van der Waals surface area (Å²) in [7, 11) is -1.49. The van der Waals surface area contributed by atoms with Gasteiger partial charge in [-0.15, -0.1) is 0 Å². The summed E-state index contributed by atoms with van der Waals surface area (Å²) >= 11 is 13.0. The standard InChI is InChI=1S/C59H76Cl2F2N8O6S/c1-37(2)51(36-78(75,76)38(3)4)71-54(41-18-20-44(60)21-19-41)48(42-11-10-12-45(61)29-42)31-59(5,58(71)74)32-52(72)65-26-8-7-9-28-69(6)33-40-16-23-47(24-17-40)70-34-49(53(68-70)55(62)63)66-56(73)50-35-77-57(67-50)43-25-27-64-46(30-43)22-15-39-13-14-39/h10-12,18-21,25,27,29-30,34-35,37-40,47-48,51,54-55H,7-9,13-17,22-24,26,28,31-33,36H2,1-6H3,(H,65,72)(H,66,73)/t40?,47?,48-,51-,54-,59-/m1/s1. The van der Waals surface area contributed by atoms with Crippen molar-refractivity contribution in [1.82, 2.24) is 34.9 Å². The number of aromatic nitrogens is 4. The second-order valence-corrected chi connectivity index (χ2v) is 26.5. The SMILES string of the molecule is CC(C)[C@@H](CS(=O)(=O)C(C)C)N1C(=O)[C@@](C)(CC(=O)NCCCCCN(C)CC2CCC(n3cc(NC(=O)c4coc(-c5ccnc(CCC6CC6)c5)n4)c(C(F)F)n3)CC2)C[C@H](c2cccc(Cl)c2)[C@H]1c1ccc(Cl)cc1. The number of nitrogens with zero attached hydrogens (tertiary/aromatic N) is 6. The van der Waals surface area contributed by atoms with Crippen LogP contribution in [0.25, 0.3) is 11.5 Å². The zero-order valence-electron chi connectivity index (χ0n) is 45.8. The quantitative estimate of drug-likeness (QED) is 0.0536. The maximum Gasteiger partial charge on any atom is 0.284 e. The van der Waals surface area contributed by atoms with Crippen molar-refractivity contribution in [3.8, 4) is 11.5 Å². The Hall–Kier alpha value is -5.23. The van der Waals surface area contributed by atoms with Crippen LogP contribution in [-0.4, -0.2) is 99.4 Å². The van der Waals surface area contributed by atoms with Crippen LogP contribution in [0.1, 0.15) is 169 Å². The lowest BCUT2D eigenvalue weighted by atomic mass is 9.66. The molecule has 3 fully saturated rings. The molecule has 14 nitrogen and oxygen atoms in total. The van der Waals surface area contributed by atoms with E-state index in [2.05, 4.69) is 37.6 Å². The summed E-state index contributed by atoms with van der Waals surface area (Å²) in [4.78, 5) is 55.3. The summed E-state index contributed by atoms with van der Waals surface area (Å²) in [5.41, 5.74) is 1.62. The molecule has 5 aromatic rings. The lowest BCUT2D eigenvalue weighted by Crippen LogP contribution is -2.59. The first-order chi connectivity index (χ1) is 37.2. The van der Waals surface area contributed by atoms with Crippen LogP contribution in [0.5, 0.6) is 0 Å². The fraction of sp³-hybridized carbons (Fsp3) is 0.559. The van der Waals surface area contributed by atoms with Crippen LogP contribution in [0.4, 0.5) is 14.5 Å². The lowest BCUT2D eigenvalue weighted by molar-refractivity contribution is -0.158. The third kappa shape index (κ3) is 15.0. The van der Waals surface area contributed by atoms with Gasteiger partial charge >= 0.3 is 0 Å². The molecule has 4 heterocycles. The molecule has 2 aromatic carbocycles. The summed E-state index contributed by atoms with van der Waals surface area (Å²) < 4.78 is 63.1. The van der Waals surface area contributed by atoms with E-state index in [1.54, 1.807) is 53.9 Å². The highest BCUT2D eigenvalue weighted by molar-refractivity contribution is 7.92. The smallest absolute Gasteiger partial charge is 0.284 e. The minimum Gasteiger partial charge on any atom is -0.444 e. The van der Waals surface area contributed by atoms with Gasteiger partial charge in [-0.3, -0.25) is 24.0 Å². The van der Waals surface area contributed by atoms with Crippen LogP contribution < -0.4 is 10.6 Å². The molecule has 0 radical (unpaired) electrons. The molecule has 3 aliphatic rings. The topological polar surface area (TPSA) is 173 Å². The highest BCUT2D eigenvalue weighted by atomic mass is 35.5. The number of alkyl halides is 2.